The number of alkyl halides is 1. The van der Waals surface area contributed by atoms with Crippen LogP contribution in [0.5, 0.6) is 0 Å². The van der Waals surface area contributed by atoms with Crippen LogP contribution < -0.4 is 0 Å². The molecule has 2 aromatic carbocycles. The number of β-lactam (4-membered cyclic amide) rings is 1. The fourth-order valence-corrected chi connectivity index (χ4v) is 8.42. The topological polar surface area (TPSA) is 103 Å². The SMILES string of the molecule is C=C(C)[C@H](C(=O)OCc1ccc([N+](=O)[O-])cc1)N1C(=O)[C@H](Br)[C@H]1SSc1nc2ccccc2s1. The Morgan fingerprint density at radius 2 is 2.03 bits per heavy atom. The van der Waals surface area contributed by atoms with E-state index < -0.39 is 21.8 Å². The number of halogens is 1. The maximum atomic E-state index is 12.9. The lowest BCUT2D eigenvalue weighted by Crippen LogP contribution is -2.65. The number of carbonyl (C=O) groups excluding carboxylic acids is 2. The van der Waals surface area contributed by atoms with Gasteiger partial charge in [0.2, 0.25) is 5.91 Å². The van der Waals surface area contributed by atoms with Crippen molar-refractivity contribution in [2.75, 3.05) is 0 Å². The normalized spacial score (nSPS) is 18.4. The van der Waals surface area contributed by atoms with Gasteiger partial charge >= 0.3 is 5.97 Å². The van der Waals surface area contributed by atoms with E-state index in [2.05, 4.69) is 27.5 Å². The number of para-hydroxylation sites is 1. The van der Waals surface area contributed by atoms with Crippen LogP contribution in [0.4, 0.5) is 5.69 Å². The molecule has 3 atom stereocenters. The smallest absolute Gasteiger partial charge is 0.333 e. The first-order valence-corrected chi connectivity index (χ1v) is 13.9. The third-order valence-corrected chi connectivity index (χ3v) is 10.3. The summed E-state index contributed by atoms with van der Waals surface area (Å²) in [6.07, 6.45) is 0. The fourth-order valence-electron chi connectivity index (χ4n) is 3.29. The van der Waals surface area contributed by atoms with Gasteiger partial charge in [0.05, 0.1) is 15.1 Å². The molecule has 1 aliphatic heterocycles. The van der Waals surface area contributed by atoms with E-state index in [0.29, 0.717) is 11.1 Å². The number of hydrogen-bond donors (Lipinski definition) is 0. The van der Waals surface area contributed by atoms with Crippen LogP contribution in [0, 0.1) is 10.1 Å². The lowest BCUT2D eigenvalue weighted by molar-refractivity contribution is -0.384. The van der Waals surface area contributed by atoms with Crippen LogP contribution in [0.3, 0.4) is 0 Å². The Balaban J connectivity index is 1.42. The first-order valence-electron chi connectivity index (χ1n) is 9.97. The molecular formula is C22H18BrN3O5S3. The molecule has 4 rings (SSSR count). The van der Waals surface area contributed by atoms with E-state index in [9.17, 15) is 19.7 Å². The second-order valence-electron chi connectivity index (χ2n) is 7.45. The average molecular weight is 581 g/mol. The minimum atomic E-state index is -0.937. The molecule has 0 N–H and O–H groups in total. The maximum absolute atomic E-state index is 12.9. The van der Waals surface area contributed by atoms with Gasteiger partial charge in [-0.15, -0.1) is 11.3 Å². The Morgan fingerprint density at radius 1 is 1.32 bits per heavy atom. The molecule has 12 heteroatoms. The van der Waals surface area contributed by atoms with Gasteiger partial charge in [-0.25, -0.2) is 9.78 Å². The highest BCUT2D eigenvalue weighted by molar-refractivity contribution is 9.10. The van der Waals surface area contributed by atoms with Crippen molar-refractivity contribution in [2.24, 2.45) is 0 Å². The summed E-state index contributed by atoms with van der Waals surface area (Å²) in [6, 6.07) is 12.7. The number of nitro groups is 1. The molecule has 2 heterocycles. The van der Waals surface area contributed by atoms with Gasteiger partial charge in [-0.3, -0.25) is 14.9 Å². The largest absolute Gasteiger partial charge is 0.459 e. The zero-order chi connectivity index (χ0) is 24.4. The molecule has 176 valence electrons. The summed E-state index contributed by atoms with van der Waals surface area (Å²) < 4.78 is 7.38. The molecule has 0 radical (unpaired) electrons. The summed E-state index contributed by atoms with van der Waals surface area (Å²) in [5.41, 5.74) is 1.96. The molecule has 1 amide bonds. The predicted molar refractivity (Wildman–Crippen MR) is 138 cm³/mol. The highest BCUT2D eigenvalue weighted by atomic mass is 79.9. The molecule has 0 unspecified atom stereocenters. The molecule has 0 saturated carbocycles. The van der Waals surface area contributed by atoms with E-state index in [4.69, 9.17) is 4.74 Å². The van der Waals surface area contributed by atoms with E-state index in [-0.39, 0.29) is 23.6 Å². The third kappa shape index (κ3) is 5.14. The number of hydrogen-bond acceptors (Lipinski definition) is 9. The molecule has 1 fully saturated rings. The van der Waals surface area contributed by atoms with Gasteiger partial charge in [0.15, 0.2) is 10.4 Å². The number of benzene rings is 2. The van der Waals surface area contributed by atoms with Crippen LogP contribution in [0.2, 0.25) is 0 Å². The molecule has 0 aliphatic carbocycles. The first kappa shape index (κ1) is 24.7. The van der Waals surface area contributed by atoms with Crippen LogP contribution in [0.1, 0.15) is 12.5 Å². The Labute approximate surface area is 215 Å². The number of esters is 1. The van der Waals surface area contributed by atoms with Crippen molar-refractivity contribution in [3.63, 3.8) is 0 Å². The number of fused-ring (bicyclic) bond motifs is 1. The summed E-state index contributed by atoms with van der Waals surface area (Å²) in [7, 11) is 2.90. The molecular weight excluding hydrogens is 562 g/mol. The second kappa shape index (κ2) is 10.5. The van der Waals surface area contributed by atoms with E-state index in [1.807, 2.05) is 24.3 Å². The van der Waals surface area contributed by atoms with Gasteiger partial charge < -0.3 is 9.64 Å². The fraction of sp³-hybridized carbons (Fsp3) is 0.227. The van der Waals surface area contributed by atoms with Crippen molar-refractivity contribution in [1.82, 2.24) is 9.88 Å². The van der Waals surface area contributed by atoms with Crippen LogP contribution in [0.25, 0.3) is 10.2 Å². The third-order valence-electron chi connectivity index (χ3n) is 5.00. The van der Waals surface area contributed by atoms with Crippen molar-refractivity contribution < 1.29 is 19.2 Å². The molecule has 8 nitrogen and oxygen atoms in total. The highest BCUT2D eigenvalue weighted by Gasteiger charge is 2.52. The van der Waals surface area contributed by atoms with Crippen molar-refractivity contribution >= 4 is 76.6 Å². The Hall–Kier alpha value is -2.41. The van der Waals surface area contributed by atoms with E-state index >= 15 is 0 Å². The monoisotopic (exact) mass is 579 g/mol. The van der Waals surface area contributed by atoms with Crippen molar-refractivity contribution in [3.05, 3.63) is 76.4 Å². The Morgan fingerprint density at radius 3 is 2.68 bits per heavy atom. The molecule has 1 aliphatic rings. The van der Waals surface area contributed by atoms with Gasteiger partial charge in [-0.2, -0.15) is 0 Å². The molecule has 0 bridgehead atoms. The lowest BCUT2D eigenvalue weighted by Gasteiger charge is -2.47. The van der Waals surface area contributed by atoms with Crippen LogP contribution in [0.15, 0.2) is 65.0 Å². The number of nitro benzene ring substituents is 1. The van der Waals surface area contributed by atoms with Crippen LogP contribution >= 0.6 is 48.9 Å². The number of amides is 1. The summed E-state index contributed by atoms with van der Waals surface area (Å²) in [4.78, 5) is 41.5. The predicted octanol–water partition coefficient (Wildman–Crippen LogP) is 5.56. The summed E-state index contributed by atoms with van der Waals surface area (Å²) in [5, 5.41) is 10.5. The molecule has 3 aromatic rings. The maximum Gasteiger partial charge on any atom is 0.333 e. The summed E-state index contributed by atoms with van der Waals surface area (Å²) in [6.45, 7) is 5.50. The number of aromatic nitrogens is 1. The van der Waals surface area contributed by atoms with Gasteiger partial charge in [-0.05, 0) is 53.1 Å². The second-order valence-corrected chi connectivity index (χ2v) is 12.0. The molecule has 1 saturated heterocycles. The number of carbonyl (C=O) groups is 2. The van der Waals surface area contributed by atoms with Crippen molar-refractivity contribution in [1.29, 1.82) is 0 Å². The first-order chi connectivity index (χ1) is 16.3. The van der Waals surface area contributed by atoms with Crippen LogP contribution in [-0.4, -0.2) is 42.9 Å². The van der Waals surface area contributed by atoms with E-state index in [0.717, 1.165) is 14.6 Å². The molecule has 1 aromatic heterocycles. The number of ether oxygens (including phenoxy) is 1. The summed E-state index contributed by atoms with van der Waals surface area (Å²) in [5.74, 6) is -0.822. The van der Waals surface area contributed by atoms with Gasteiger partial charge in [0.25, 0.3) is 5.69 Å². The van der Waals surface area contributed by atoms with E-state index in [1.54, 1.807) is 18.3 Å². The number of non-ortho nitro benzene ring substituents is 1. The van der Waals surface area contributed by atoms with Crippen LogP contribution in [-0.2, 0) is 20.9 Å². The van der Waals surface area contributed by atoms with Gasteiger partial charge in [-0.1, -0.05) is 45.4 Å². The van der Waals surface area contributed by atoms with Gasteiger partial charge in [0.1, 0.15) is 16.8 Å². The number of thiazole rings is 1. The number of likely N-dealkylation sites (tertiary alicyclic amines) is 1. The highest BCUT2D eigenvalue weighted by Crippen LogP contribution is 2.47. The average Bonchev–Trinajstić information content (AvgIpc) is 3.24. The number of rotatable bonds is 9. The zero-order valence-electron chi connectivity index (χ0n) is 17.8. The molecule has 0 spiro atoms. The molecule has 34 heavy (non-hydrogen) atoms. The zero-order valence-corrected chi connectivity index (χ0v) is 21.8. The summed E-state index contributed by atoms with van der Waals surface area (Å²) >= 11 is 4.99. The minimum Gasteiger partial charge on any atom is -0.459 e. The quantitative estimate of drug-likeness (QED) is 0.0616. The minimum absolute atomic E-state index is 0.0464. The lowest BCUT2D eigenvalue weighted by atomic mass is 10.0. The standard InChI is InChI=1S/C22H18BrN3O5S3/c1-12(2)18(21(28)31-11-13-7-9-14(10-8-13)26(29)30)25-19(27)17(23)20(25)33-34-22-24-15-5-3-4-6-16(15)32-22/h3-10,17-18,20H,1,11H2,2H3/t17-,18+,20+/m0/s1. The Kier molecular flexibility index (Phi) is 7.60. The number of nitrogens with zero attached hydrogens (tertiary/aromatic N) is 3. The Bertz CT molecular complexity index is 1230. The van der Waals surface area contributed by atoms with Crippen molar-refractivity contribution in [3.8, 4) is 0 Å². The van der Waals surface area contributed by atoms with Crippen molar-refractivity contribution in [2.45, 2.75) is 34.1 Å². The van der Waals surface area contributed by atoms with Gasteiger partial charge in [0, 0.05) is 12.1 Å². The van der Waals surface area contributed by atoms with E-state index in [1.165, 1.54) is 50.8 Å².